The van der Waals surface area contributed by atoms with Gasteiger partial charge in [0.05, 0.1) is 6.10 Å². The van der Waals surface area contributed by atoms with Crippen LogP contribution in [0.2, 0.25) is 0 Å². The predicted molar refractivity (Wildman–Crippen MR) is 70.3 cm³/mol. The standard InChI is InChI=1S/C12H24N2O3S/c15-12-6-4-11(5-7-12)10-13-18(16,17)14-8-2-1-3-9-14/h11-13,15H,1-10H2. The maximum atomic E-state index is 12.1. The zero-order valence-electron chi connectivity index (χ0n) is 10.8. The van der Waals surface area contributed by atoms with E-state index >= 15 is 0 Å². The molecule has 0 bridgehead atoms. The van der Waals surface area contributed by atoms with E-state index in [1.54, 1.807) is 4.31 Å². The van der Waals surface area contributed by atoms with Crippen LogP contribution >= 0.6 is 0 Å². The third-order valence-corrected chi connectivity index (χ3v) is 5.60. The van der Waals surface area contributed by atoms with Gasteiger partial charge in [-0.15, -0.1) is 0 Å². The lowest BCUT2D eigenvalue weighted by Crippen LogP contribution is -2.45. The molecular weight excluding hydrogens is 252 g/mol. The molecule has 0 radical (unpaired) electrons. The fraction of sp³-hybridized carbons (Fsp3) is 1.00. The molecule has 18 heavy (non-hydrogen) atoms. The van der Waals surface area contributed by atoms with Crippen LogP contribution in [-0.2, 0) is 10.2 Å². The summed E-state index contributed by atoms with van der Waals surface area (Å²) in [4.78, 5) is 0. The number of piperidine rings is 1. The average molecular weight is 276 g/mol. The Bertz CT molecular complexity index is 344. The first-order valence-electron chi connectivity index (χ1n) is 7.01. The van der Waals surface area contributed by atoms with Gasteiger partial charge in [-0.3, -0.25) is 0 Å². The molecule has 106 valence electrons. The summed E-state index contributed by atoms with van der Waals surface area (Å²) >= 11 is 0. The molecular formula is C12H24N2O3S. The van der Waals surface area contributed by atoms with Crippen LogP contribution in [0.25, 0.3) is 0 Å². The predicted octanol–water partition coefficient (Wildman–Crippen LogP) is 0.858. The van der Waals surface area contributed by atoms with Gasteiger partial charge >= 0.3 is 0 Å². The fourth-order valence-corrected chi connectivity index (χ4v) is 4.14. The number of aliphatic hydroxyl groups is 1. The normalized spacial score (nSPS) is 31.4. The van der Waals surface area contributed by atoms with Gasteiger partial charge in [-0.1, -0.05) is 6.42 Å². The monoisotopic (exact) mass is 276 g/mol. The second kappa shape index (κ2) is 6.32. The summed E-state index contributed by atoms with van der Waals surface area (Å²) in [5.41, 5.74) is 0. The fourth-order valence-electron chi connectivity index (χ4n) is 2.77. The van der Waals surface area contributed by atoms with Gasteiger partial charge < -0.3 is 5.11 Å². The zero-order chi connectivity index (χ0) is 13.0. The maximum Gasteiger partial charge on any atom is 0.279 e. The molecule has 1 aliphatic carbocycles. The molecule has 2 N–H and O–H groups in total. The Balaban J connectivity index is 1.77. The summed E-state index contributed by atoms with van der Waals surface area (Å²) in [7, 11) is -3.28. The molecule has 0 spiro atoms. The van der Waals surface area contributed by atoms with Gasteiger partial charge in [0.1, 0.15) is 0 Å². The number of aliphatic hydroxyl groups excluding tert-OH is 1. The number of rotatable bonds is 4. The minimum absolute atomic E-state index is 0.181. The Morgan fingerprint density at radius 3 is 2.28 bits per heavy atom. The molecule has 2 aliphatic rings. The van der Waals surface area contributed by atoms with E-state index in [0.29, 0.717) is 25.6 Å². The highest BCUT2D eigenvalue weighted by Gasteiger charge is 2.26. The molecule has 0 amide bonds. The first-order chi connectivity index (χ1) is 8.58. The molecule has 2 fully saturated rings. The second-order valence-corrected chi connectivity index (χ2v) is 7.24. The largest absolute Gasteiger partial charge is 0.393 e. The smallest absolute Gasteiger partial charge is 0.279 e. The quantitative estimate of drug-likeness (QED) is 0.800. The van der Waals surface area contributed by atoms with Crippen molar-refractivity contribution < 1.29 is 13.5 Å². The molecule has 6 heteroatoms. The molecule has 0 aromatic heterocycles. The summed E-state index contributed by atoms with van der Waals surface area (Å²) < 4.78 is 28.4. The summed E-state index contributed by atoms with van der Waals surface area (Å²) in [5.74, 6) is 0.382. The van der Waals surface area contributed by atoms with Crippen molar-refractivity contribution in [1.29, 1.82) is 0 Å². The maximum absolute atomic E-state index is 12.1. The Hall–Kier alpha value is -0.170. The lowest BCUT2D eigenvalue weighted by Gasteiger charge is -2.29. The van der Waals surface area contributed by atoms with Crippen LogP contribution in [0.1, 0.15) is 44.9 Å². The summed E-state index contributed by atoms with van der Waals surface area (Å²) in [5, 5.41) is 9.41. The molecule has 0 aromatic carbocycles. The van der Waals surface area contributed by atoms with Crippen molar-refractivity contribution in [2.75, 3.05) is 19.6 Å². The van der Waals surface area contributed by atoms with E-state index < -0.39 is 10.2 Å². The summed E-state index contributed by atoms with van der Waals surface area (Å²) in [6, 6.07) is 0. The summed E-state index contributed by atoms with van der Waals surface area (Å²) in [6.45, 7) is 1.82. The van der Waals surface area contributed by atoms with Crippen LogP contribution in [-0.4, -0.2) is 43.6 Å². The number of hydrogen-bond acceptors (Lipinski definition) is 3. The van der Waals surface area contributed by atoms with E-state index in [9.17, 15) is 13.5 Å². The van der Waals surface area contributed by atoms with Crippen molar-refractivity contribution in [2.24, 2.45) is 5.92 Å². The van der Waals surface area contributed by atoms with E-state index in [2.05, 4.69) is 4.72 Å². The van der Waals surface area contributed by atoms with Gasteiger partial charge in [0.2, 0.25) is 0 Å². The first kappa shape index (κ1) is 14.2. The van der Waals surface area contributed by atoms with Crippen molar-refractivity contribution >= 4 is 10.2 Å². The van der Waals surface area contributed by atoms with Gasteiger partial charge in [0, 0.05) is 19.6 Å². The Morgan fingerprint density at radius 1 is 1.06 bits per heavy atom. The van der Waals surface area contributed by atoms with Crippen LogP contribution in [0.3, 0.4) is 0 Å². The highest BCUT2D eigenvalue weighted by molar-refractivity contribution is 7.87. The minimum atomic E-state index is -3.28. The molecule has 1 saturated heterocycles. The SMILES string of the molecule is O=S(=O)(NCC1CCC(O)CC1)N1CCCCC1. The Kier molecular flexibility index (Phi) is 5.00. The molecule has 0 unspecified atom stereocenters. The van der Waals surface area contributed by atoms with Crippen LogP contribution in [0.15, 0.2) is 0 Å². The van der Waals surface area contributed by atoms with Gasteiger partial charge in [0.25, 0.3) is 10.2 Å². The highest BCUT2D eigenvalue weighted by atomic mass is 32.2. The van der Waals surface area contributed by atoms with Crippen molar-refractivity contribution in [3.8, 4) is 0 Å². The van der Waals surface area contributed by atoms with E-state index in [1.807, 2.05) is 0 Å². The van der Waals surface area contributed by atoms with Crippen LogP contribution in [0, 0.1) is 5.92 Å². The molecule has 2 rings (SSSR count). The third-order valence-electron chi connectivity index (χ3n) is 4.03. The van der Waals surface area contributed by atoms with E-state index in [1.165, 1.54) is 0 Å². The zero-order valence-corrected chi connectivity index (χ0v) is 11.7. The summed E-state index contributed by atoms with van der Waals surface area (Å²) in [6.07, 6.45) is 6.33. The number of hydrogen-bond donors (Lipinski definition) is 2. The molecule has 5 nitrogen and oxygen atoms in total. The molecule has 0 atom stereocenters. The molecule has 0 aromatic rings. The van der Waals surface area contributed by atoms with E-state index in [-0.39, 0.29) is 6.10 Å². The van der Waals surface area contributed by atoms with Gasteiger partial charge in [-0.2, -0.15) is 12.7 Å². The van der Waals surface area contributed by atoms with Crippen molar-refractivity contribution in [3.63, 3.8) is 0 Å². The Labute approximate surface area is 110 Å². The third kappa shape index (κ3) is 3.91. The highest BCUT2D eigenvalue weighted by Crippen LogP contribution is 2.23. The van der Waals surface area contributed by atoms with E-state index in [0.717, 1.165) is 44.9 Å². The van der Waals surface area contributed by atoms with Gasteiger partial charge in [-0.05, 0) is 44.4 Å². The van der Waals surface area contributed by atoms with Crippen molar-refractivity contribution in [1.82, 2.24) is 9.03 Å². The Morgan fingerprint density at radius 2 is 1.67 bits per heavy atom. The molecule has 1 heterocycles. The first-order valence-corrected chi connectivity index (χ1v) is 8.45. The van der Waals surface area contributed by atoms with Crippen LogP contribution < -0.4 is 4.72 Å². The molecule has 1 aliphatic heterocycles. The van der Waals surface area contributed by atoms with Crippen molar-refractivity contribution in [3.05, 3.63) is 0 Å². The van der Waals surface area contributed by atoms with Crippen LogP contribution in [0.4, 0.5) is 0 Å². The topological polar surface area (TPSA) is 69.6 Å². The minimum Gasteiger partial charge on any atom is -0.393 e. The lowest BCUT2D eigenvalue weighted by molar-refractivity contribution is 0.109. The number of nitrogens with zero attached hydrogens (tertiary/aromatic N) is 1. The van der Waals surface area contributed by atoms with Crippen LogP contribution in [0.5, 0.6) is 0 Å². The van der Waals surface area contributed by atoms with E-state index in [4.69, 9.17) is 0 Å². The lowest BCUT2D eigenvalue weighted by atomic mass is 9.88. The van der Waals surface area contributed by atoms with Crippen molar-refractivity contribution in [2.45, 2.75) is 51.0 Å². The number of nitrogens with one attached hydrogen (secondary N) is 1. The molecule has 1 saturated carbocycles. The van der Waals surface area contributed by atoms with Gasteiger partial charge in [0.15, 0.2) is 0 Å². The van der Waals surface area contributed by atoms with Gasteiger partial charge in [-0.25, -0.2) is 4.72 Å². The second-order valence-electron chi connectivity index (χ2n) is 5.49. The average Bonchev–Trinajstić information content (AvgIpc) is 2.39.